The summed E-state index contributed by atoms with van der Waals surface area (Å²) in [6.45, 7) is 2.08. The smallest absolute Gasteiger partial charge is 0.196 e. The van der Waals surface area contributed by atoms with Crippen molar-refractivity contribution in [2.24, 2.45) is 17.8 Å². The van der Waals surface area contributed by atoms with Crippen molar-refractivity contribution in [1.82, 2.24) is 4.98 Å². The molecule has 0 atom stereocenters. The normalized spacial score (nSPS) is 41.5. The van der Waals surface area contributed by atoms with Crippen LogP contribution in [0.3, 0.4) is 0 Å². The van der Waals surface area contributed by atoms with Gasteiger partial charge < -0.3 is 10.2 Å². The van der Waals surface area contributed by atoms with E-state index >= 15 is 0 Å². The van der Waals surface area contributed by atoms with E-state index in [1.165, 1.54) is 38.5 Å². The molecule has 0 radical (unpaired) electrons. The van der Waals surface area contributed by atoms with Crippen LogP contribution in [0.5, 0.6) is 0 Å². The predicted molar refractivity (Wildman–Crippen MR) is 70.1 cm³/mol. The molecule has 3 nitrogen and oxygen atoms in total. The molecule has 1 aromatic rings. The molecule has 1 heterocycles. The first-order chi connectivity index (χ1) is 8.68. The Hall–Kier alpha value is -0.990. The van der Waals surface area contributed by atoms with Gasteiger partial charge in [0.25, 0.3) is 0 Å². The van der Waals surface area contributed by atoms with Crippen LogP contribution in [0.1, 0.15) is 57.1 Å². The molecule has 4 aliphatic carbocycles. The van der Waals surface area contributed by atoms with Gasteiger partial charge in [0.05, 0.1) is 0 Å². The molecule has 3 heteroatoms. The van der Waals surface area contributed by atoms with Crippen LogP contribution in [-0.4, -0.2) is 4.98 Å². The molecule has 4 bridgehead atoms. The van der Waals surface area contributed by atoms with E-state index < -0.39 is 0 Å². The first kappa shape index (κ1) is 10.9. The number of nitrogen functional groups attached to an aromatic ring is 1. The van der Waals surface area contributed by atoms with Crippen LogP contribution in [0.15, 0.2) is 4.42 Å². The Labute approximate surface area is 108 Å². The minimum absolute atomic E-state index is 0.249. The monoisotopic (exact) mass is 246 g/mol. The first-order valence-corrected chi connectivity index (χ1v) is 7.44. The number of hydrogen-bond acceptors (Lipinski definition) is 3. The van der Waals surface area contributed by atoms with E-state index in [4.69, 9.17) is 10.2 Å². The van der Waals surface area contributed by atoms with Crippen LogP contribution < -0.4 is 5.73 Å². The Balaban J connectivity index is 1.76. The highest BCUT2D eigenvalue weighted by Gasteiger charge is 2.54. The third kappa shape index (κ3) is 1.39. The Morgan fingerprint density at radius 3 is 2.17 bits per heavy atom. The summed E-state index contributed by atoms with van der Waals surface area (Å²) in [5, 5.41) is 0. The van der Waals surface area contributed by atoms with Crippen LogP contribution >= 0.6 is 0 Å². The second-order valence-corrected chi connectivity index (χ2v) is 6.87. The molecule has 0 amide bonds. The minimum Gasteiger partial charge on any atom is -0.443 e. The van der Waals surface area contributed by atoms with Gasteiger partial charge >= 0.3 is 0 Å². The fourth-order valence-electron chi connectivity index (χ4n) is 5.30. The van der Waals surface area contributed by atoms with E-state index in [1.807, 2.05) is 0 Å². The summed E-state index contributed by atoms with van der Waals surface area (Å²) in [5.74, 6) is 5.30. The second-order valence-electron chi connectivity index (χ2n) is 6.87. The molecular weight excluding hydrogens is 224 g/mol. The SMILES string of the molecule is CCc1nc(N)c(C23CC4CC(CC(C4)C2)C3)o1. The Kier molecular flexibility index (Phi) is 2.13. The lowest BCUT2D eigenvalue weighted by atomic mass is 9.49. The Morgan fingerprint density at radius 2 is 1.72 bits per heavy atom. The third-order valence-corrected chi connectivity index (χ3v) is 5.52. The lowest BCUT2D eigenvalue weighted by molar-refractivity contribution is -0.0151. The van der Waals surface area contributed by atoms with Crippen LogP contribution in [-0.2, 0) is 11.8 Å². The highest BCUT2D eigenvalue weighted by Crippen LogP contribution is 2.61. The van der Waals surface area contributed by atoms with Gasteiger partial charge in [-0.05, 0) is 56.3 Å². The van der Waals surface area contributed by atoms with Crippen molar-refractivity contribution in [2.75, 3.05) is 5.73 Å². The summed E-state index contributed by atoms with van der Waals surface area (Å²) in [4.78, 5) is 4.40. The zero-order chi connectivity index (χ0) is 12.3. The van der Waals surface area contributed by atoms with E-state index in [0.717, 1.165) is 35.8 Å². The molecule has 5 rings (SSSR count). The van der Waals surface area contributed by atoms with E-state index in [2.05, 4.69) is 11.9 Å². The van der Waals surface area contributed by atoms with Crippen LogP contribution in [0.25, 0.3) is 0 Å². The minimum atomic E-state index is 0.249. The van der Waals surface area contributed by atoms with Gasteiger partial charge in [-0.3, -0.25) is 0 Å². The molecule has 0 aliphatic heterocycles. The molecule has 4 aliphatic rings. The average Bonchev–Trinajstić information content (AvgIpc) is 2.69. The van der Waals surface area contributed by atoms with Crippen LogP contribution in [0.4, 0.5) is 5.82 Å². The van der Waals surface area contributed by atoms with Gasteiger partial charge in [-0.2, -0.15) is 4.98 Å². The van der Waals surface area contributed by atoms with Crippen molar-refractivity contribution in [3.8, 4) is 0 Å². The molecule has 0 saturated heterocycles. The molecule has 0 aromatic carbocycles. The van der Waals surface area contributed by atoms with E-state index in [1.54, 1.807) is 0 Å². The quantitative estimate of drug-likeness (QED) is 0.871. The average molecular weight is 246 g/mol. The summed E-state index contributed by atoms with van der Waals surface area (Å²) in [5.41, 5.74) is 6.38. The van der Waals surface area contributed by atoms with Crippen LogP contribution in [0.2, 0.25) is 0 Å². The van der Waals surface area contributed by atoms with E-state index in [9.17, 15) is 0 Å². The third-order valence-electron chi connectivity index (χ3n) is 5.52. The molecule has 0 spiro atoms. The number of nitrogens with two attached hydrogens (primary N) is 1. The molecule has 18 heavy (non-hydrogen) atoms. The molecule has 0 unspecified atom stereocenters. The number of aryl methyl sites for hydroxylation is 1. The second kappa shape index (κ2) is 3.52. The zero-order valence-electron chi connectivity index (χ0n) is 11.1. The van der Waals surface area contributed by atoms with Gasteiger partial charge in [0.1, 0.15) is 0 Å². The summed E-state index contributed by atoms with van der Waals surface area (Å²) in [7, 11) is 0. The summed E-state index contributed by atoms with van der Waals surface area (Å²) < 4.78 is 6.01. The van der Waals surface area contributed by atoms with Crippen molar-refractivity contribution >= 4 is 5.82 Å². The first-order valence-electron chi connectivity index (χ1n) is 7.44. The largest absolute Gasteiger partial charge is 0.443 e. The van der Waals surface area contributed by atoms with E-state index in [-0.39, 0.29) is 5.41 Å². The molecule has 4 fully saturated rings. The lowest BCUT2D eigenvalue weighted by Crippen LogP contribution is -2.48. The summed E-state index contributed by atoms with van der Waals surface area (Å²) in [6.07, 6.45) is 9.08. The zero-order valence-corrected chi connectivity index (χ0v) is 11.1. The summed E-state index contributed by atoms with van der Waals surface area (Å²) in [6, 6.07) is 0. The standard InChI is InChI=1S/C15H22N2O/c1-2-12-17-14(16)13(18-12)15-6-9-3-10(7-15)5-11(4-9)8-15/h9-11H,2-8,16H2,1H3. The fourth-order valence-corrected chi connectivity index (χ4v) is 5.30. The van der Waals surface area contributed by atoms with Crippen molar-refractivity contribution in [1.29, 1.82) is 0 Å². The maximum atomic E-state index is 6.13. The predicted octanol–water partition coefficient (Wildman–Crippen LogP) is 3.29. The van der Waals surface area contributed by atoms with Crippen LogP contribution in [0, 0.1) is 17.8 Å². The lowest BCUT2D eigenvalue weighted by Gasteiger charge is -2.55. The van der Waals surface area contributed by atoms with Crippen molar-refractivity contribution in [3.05, 3.63) is 11.7 Å². The van der Waals surface area contributed by atoms with E-state index in [0.29, 0.717) is 5.82 Å². The van der Waals surface area contributed by atoms with Crippen molar-refractivity contribution in [2.45, 2.75) is 57.3 Å². The number of rotatable bonds is 2. The van der Waals surface area contributed by atoms with Gasteiger partial charge in [0.15, 0.2) is 17.5 Å². The van der Waals surface area contributed by atoms with Gasteiger partial charge in [-0.15, -0.1) is 0 Å². The Morgan fingerprint density at radius 1 is 1.17 bits per heavy atom. The fraction of sp³-hybridized carbons (Fsp3) is 0.800. The number of nitrogens with zero attached hydrogens (tertiary/aromatic N) is 1. The number of hydrogen-bond donors (Lipinski definition) is 1. The van der Waals surface area contributed by atoms with Gasteiger partial charge in [0, 0.05) is 11.8 Å². The number of aromatic nitrogens is 1. The Bertz CT molecular complexity index is 442. The number of anilines is 1. The summed E-state index contributed by atoms with van der Waals surface area (Å²) >= 11 is 0. The molecular formula is C15H22N2O. The molecule has 1 aromatic heterocycles. The van der Waals surface area contributed by atoms with Gasteiger partial charge in [0.2, 0.25) is 0 Å². The number of oxazole rings is 1. The molecule has 4 saturated carbocycles. The maximum absolute atomic E-state index is 6.13. The highest BCUT2D eigenvalue weighted by atomic mass is 16.4. The van der Waals surface area contributed by atoms with Crippen molar-refractivity contribution < 1.29 is 4.42 Å². The maximum Gasteiger partial charge on any atom is 0.196 e. The van der Waals surface area contributed by atoms with Crippen molar-refractivity contribution in [3.63, 3.8) is 0 Å². The molecule has 2 N–H and O–H groups in total. The van der Waals surface area contributed by atoms with Gasteiger partial charge in [-0.25, -0.2) is 0 Å². The van der Waals surface area contributed by atoms with Gasteiger partial charge in [-0.1, -0.05) is 6.92 Å². The molecule has 98 valence electrons. The highest BCUT2D eigenvalue weighted by molar-refractivity contribution is 5.40. The topological polar surface area (TPSA) is 52.0 Å².